The van der Waals surface area contributed by atoms with Gasteiger partial charge in [-0.3, -0.25) is 0 Å². The second-order valence-corrected chi connectivity index (χ2v) is 6.49. The van der Waals surface area contributed by atoms with Crippen LogP contribution in [0.5, 0.6) is 0 Å². The smallest absolute Gasteiger partial charge is 0.211 e. The maximum absolute atomic E-state index is 12.4. The Balaban J connectivity index is 2.22. The number of rotatable bonds is 5. The molecule has 0 atom stereocenters. The Morgan fingerprint density at radius 3 is 2.24 bits per heavy atom. The molecule has 0 heterocycles. The van der Waals surface area contributed by atoms with E-state index in [4.69, 9.17) is 0 Å². The van der Waals surface area contributed by atoms with E-state index in [1.807, 2.05) is 30.3 Å². The minimum Gasteiger partial charge on any atom is -0.211 e. The molecule has 2 aromatic carbocycles. The summed E-state index contributed by atoms with van der Waals surface area (Å²) in [6.45, 7) is 0.289. The lowest BCUT2D eigenvalue weighted by atomic mass is 10.2. The molecule has 2 rings (SSSR count). The number of carbonyl (C=O) groups excluding carboxylic acids is 1. The predicted molar refractivity (Wildman–Crippen MR) is 79.3 cm³/mol. The van der Waals surface area contributed by atoms with Gasteiger partial charge < -0.3 is 0 Å². The van der Waals surface area contributed by atoms with E-state index in [2.05, 4.69) is 4.99 Å². The molecule has 5 nitrogen and oxygen atoms in total. The third-order valence-electron chi connectivity index (χ3n) is 2.97. The molecule has 108 valence electrons. The Bertz CT molecular complexity index is 749. The first kappa shape index (κ1) is 15.1. The highest BCUT2D eigenvalue weighted by Gasteiger charge is 2.20. The molecule has 0 aliphatic carbocycles. The molecule has 0 amide bonds. The third-order valence-corrected chi connectivity index (χ3v) is 4.79. The number of nitrogens with zero attached hydrogens (tertiary/aromatic N) is 2. The van der Waals surface area contributed by atoms with Gasteiger partial charge in [0.25, 0.3) is 0 Å². The van der Waals surface area contributed by atoms with E-state index in [9.17, 15) is 13.2 Å². The van der Waals surface area contributed by atoms with E-state index in [-0.39, 0.29) is 11.4 Å². The van der Waals surface area contributed by atoms with E-state index >= 15 is 0 Å². The van der Waals surface area contributed by atoms with Gasteiger partial charge in [0.1, 0.15) is 0 Å². The molecule has 0 aliphatic heterocycles. The second kappa shape index (κ2) is 6.45. The van der Waals surface area contributed by atoms with Crippen molar-refractivity contribution in [2.45, 2.75) is 11.4 Å². The van der Waals surface area contributed by atoms with Crippen LogP contribution in [0.25, 0.3) is 0 Å². The van der Waals surface area contributed by atoms with E-state index < -0.39 is 10.0 Å². The summed E-state index contributed by atoms with van der Waals surface area (Å²) in [4.78, 5) is 13.7. The molecule has 0 spiro atoms. The van der Waals surface area contributed by atoms with Gasteiger partial charge in [-0.25, -0.2) is 13.2 Å². The van der Waals surface area contributed by atoms with Gasteiger partial charge in [-0.2, -0.15) is 9.30 Å². The molecule has 0 saturated carbocycles. The standard InChI is InChI=1S/C15H14N2O3S/c1-17(11-13-5-3-2-4-6-13)21(19,20)15-9-7-14(8-10-15)16-12-18/h2-10H,11H2,1H3. The SMILES string of the molecule is CN(Cc1ccccc1)S(=O)(=O)c1ccc(N=C=O)cc1. The van der Waals surface area contributed by atoms with E-state index in [0.29, 0.717) is 5.69 Å². The van der Waals surface area contributed by atoms with Gasteiger partial charge in [0, 0.05) is 13.6 Å². The Hall–Kier alpha value is -2.27. The summed E-state index contributed by atoms with van der Waals surface area (Å²) in [6, 6.07) is 15.1. The molecular formula is C15H14N2O3S. The maximum atomic E-state index is 12.4. The third kappa shape index (κ3) is 3.64. The molecule has 0 bridgehead atoms. The molecule has 0 N–H and O–H groups in total. The van der Waals surface area contributed by atoms with Crippen LogP contribution in [0.2, 0.25) is 0 Å². The van der Waals surface area contributed by atoms with Crippen LogP contribution in [0.15, 0.2) is 64.5 Å². The highest BCUT2D eigenvalue weighted by Crippen LogP contribution is 2.20. The minimum absolute atomic E-state index is 0.158. The first-order valence-corrected chi connectivity index (χ1v) is 7.66. The number of aliphatic imine (C=N–C) groups is 1. The molecule has 0 aliphatic rings. The summed E-state index contributed by atoms with van der Waals surface area (Å²) < 4.78 is 26.1. The lowest BCUT2D eigenvalue weighted by Crippen LogP contribution is -2.26. The van der Waals surface area contributed by atoms with Crippen LogP contribution in [-0.4, -0.2) is 25.9 Å². The minimum atomic E-state index is -3.58. The van der Waals surface area contributed by atoms with Crippen LogP contribution in [-0.2, 0) is 21.4 Å². The fourth-order valence-electron chi connectivity index (χ4n) is 1.85. The summed E-state index contributed by atoms with van der Waals surface area (Å²) in [5, 5.41) is 0. The highest BCUT2D eigenvalue weighted by atomic mass is 32.2. The highest BCUT2D eigenvalue weighted by molar-refractivity contribution is 7.89. The van der Waals surface area contributed by atoms with Crippen LogP contribution in [0.1, 0.15) is 5.56 Å². The van der Waals surface area contributed by atoms with Crippen molar-refractivity contribution < 1.29 is 13.2 Å². The van der Waals surface area contributed by atoms with Crippen LogP contribution in [0, 0.1) is 0 Å². The molecule has 0 unspecified atom stereocenters. The van der Waals surface area contributed by atoms with Gasteiger partial charge in [0.15, 0.2) is 0 Å². The van der Waals surface area contributed by atoms with E-state index in [1.165, 1.54) is 41.7 Å². The molecule has 0 saturated heterocycles. The number of hydrogen-bond donors (Lipinski definition) is 0. The van der Waals surface area contributed by atoms with Crippen molar-refractivity contribution in [2.24, 2.45) is 4.99 Å². The zero-order valence-electron chi connectivity index (χ0n) is 11.4. The monoisotopic (exact) mass is 302 g/mol. The zero-order valence-corrected chi connectivity index (χ0v) is 12.2. The Morgan fingerprint density at radius 2 is 1.67 bits per heavy atom. The van der Waals surface area contributed by atoms with Crippen molar-refractivity contribution >= 4 is 21.8 Å². The summed E-state index contributed by atoms with van der Waals surface area (Å²) in [6.07, 6.45) is 1.41. The molecule has 6 heteroatoms. The fourth-order valence-corrected chi connectivity index (χ4v) is 3.01. The number of sulfonamides is 1. The van der Waals surface area contributed by atoms with Gasteiger partial charge in [-0.1, -0.05) is 30.3 Å². The van der Waals surface area contributed by atoms with Crippen LogP contribution >= 0.6 is 0 Å². The number of hydrogen-bond acceptors (Lipinski definition) is 4. The molecule has 0 fully saturated rings. The first-order valence-electron chi connectivity index (χ1n) is 6.22. The quantitative estimate of drug-likeness (QED) is 0.629. The van der Waals surface area contributed by atoms with Crippen molar-refractivity contribution in [2.75, 3.05) is 7.05 Å². The molecule has 2 aromatic rings. The van der Waals surface area contributed by atoms with E-state index in [1.54, 1.807) is 0 Å². The topological polar surface area (TPSA) is 66.8 Å². The lowest BCUT2D eigenvalue weighted by Gasteiger charge is -2.17. The van der Waals surface area contributed by atoms with Crippen molar-refractivity contribution in [3.05, 3.63) is 60.2 Å². The van der Waals surface area contributed by atoms with E-state index in [0.717, 1.165) is 5.56 Å². The van der Waals surface area contributed by atoms with Crippen molar-refractivity contribution in [1.29, 1.82) is 0 Å². The summed E-state index contributed by atoms with van der Waals surface area (Å²) in [5.74, 6) is 0. The predicted octanol–water partition coefficient (Wildman–Crippen LogP) is 2.47. The van der Waals surface area contributed by atoms with Gasteiger partial charge in [-0.05, 0) is 29.8 Å². The molecule has 0 radical (unpaired) electrons. The fraction of sp³-hybridized carbons (Fsp3) is 0.133. The maximum Gasteiger partial charge on any atom is 0.243 e. The van der Waals surface area contributed by atoms with Crippen molar-refractivity contribution in [3.63, 3.8) is 0 Å². The van der Waals surface area contributed by atoms with Crippen LogP contribution in [0.3, 0.4) is 0 Å². The summed E-state index contributed by atoms with van der Waals surface area (Å²) in [7, 11) is -2.05. The largest absolute Gasteiger partial charge is 0.243 e. The van der Waals surface area contributed by atoms with Crippen LogP contribution < -0.4 is 0 Å². The lowest BCUT2D eigenvalue weighted by molar-refractivity contribution is 0.467. The van der Waals surface area contributed by atoms with Crippen molar-refractivity contribution in [3.8, 4) is 0 Å². The average Bonchev–Trinajstić information content (AvgIpc) is 2.49. The summed E-state index contributed by atoms with van der Waals surface area (Å²) >= 11 is 0. The zero-order chi connectivity index (χ0) is 15.3. The summed E-state index contributed by atoms with van der Waals surface area (Å²) in [5.41, 5.74) is 1.28. The number of isocyanates is 1. The Morgan fingerprint density at radius 1 is 1.05 bits per heavy atom. The van der Waals surface area contributed by atoms with Gasteiger partial charge in [0.2, 0.25) is 16.1 Å². The number of benzene rings is 2. The Kier molecular flexibility index (Phi) is 4.65. The second-order valence-electron chi connectivity index (χ2n) is 4.44. The van der Waals surface area contributed by atoms with Gasteiger partial charge >= 0.3 is 0 Å². The van der Waals surface area contributed by atoms with Crippen LogP contribution in [0.4, 0.5) is 5.69 Å². The Labute approximate surface area is 123 Å². The first-order chi connectivity index (χ1) is 10.0. The molecular weight excluding hydrogens is 288 g/mol. The van der Waals surface area contributed by atoms with Crippen molar-refractivity contribution in [1.82, 2.24) is 4.31 Å². The average molecular weight is 302 g/mol. The van der Waals surface area contributed by atoms with Gasteiger partial charge in [-0.15, -0.1) is 0 Å². The molecule has 0 aromatic heterocycles. The molecule has 21 heavy (non-hydrogen) atoms. The van der Waals surface area contributed by atoms with Gasteiger partial charge in [0.05, 0.1) is 10.6 Å². The normalized spacial score (nSPS) is 11.1.